The molecule has 0 aliphatic rings. The number of anilines is 3. The van der Waals surface area contributed by atoms with Gasteiger partial charge in [-0.2, -0.15) is 0 Å². The van der Waals surface area contributed by atoms with Crippen molar-refractivity contribution >= 4 is 38.2 Å². The fourth-order valence-corrected chi connectivity index (χ4v) is 3.80. The largest absolute Gasteiger partial charge is 0.437 e. The van der Waals surface area contributed by atoms with Crippen LogP contribution >= 0.6 is 11.3 Å². The fraction of sp³-hybridized carbons (Fsp3) is 0. The number of fused-ring (bicyclic) bond motifs is 1. The van der Waals surface area contributed by atoms with Gasteiger partial charge in [0.05, 0.1) is 10.2 Å². The maximum atomic E-state index is 5.97. The number of para-hydroxylation sites is 1. The Kier molecular flexibility index (Phi) is 4.66. The number of ether oxygens (including phenoxy) is 1. The van der Waals surface area contributed by atoms with Gasteiger partial charge in [0.2, 0.25) is 5.88 Å². The minimum Gasteiger partial charge on any atom is -0.437 e. The zero-order valence-corrected chi connectivity index (χ0v) is 16.5. The Morgan fingerprint density at radius 3 is 2.50 bits per heavy atom. The summed E-state index contributed by atoms with van der Waals surface area (Å²) in [6.45, 7) is 0. The molecule has 5 aromatic rings. The fourth-order valence-electron chi connectivity index (χ4n) is 2.91. The van der Waals surface area contributed by atoms with E-state index >= 15 is 0 Å². The van der Waals surface area contributed by atoms with E-state index in [-0.39, 0.29) is 0 Å². The maximum Gasteiger partial charge on any atom is 0.246 e. The molecule has 0 aliphatic heterocycles. The van der Waals surface area contributed by atoms with Gasteiger partial charge in [-0.25, -0.2) is 19.9 Å². The van der Waals surface area contributed by atoms with Crippen LogP contribution < -0.4 is 15.8 Å². The summed E-state index contributed by atoms with van der Waals surface area (Å²) in [4.78, 5) is 17.4. The maximum absolute atomic E-state index is 5.97. The zero-order chi connectivity index (χ0) is 20.3. The Hall–Kier alpha value is -4.04. The minimum absolute atomic E-state index is 0.399. The topological polar surface area (TPSA) is 98.8 Å². The van der Waals surface area contributed by atoms with Gasteiger partial charge in [-0.05, 0) is 48.5 Å². The minimum atomic E-state index is 0.399. The molecule has 0 unspecified atom stereocenters. The van der Waals surface area contributed by atoms with Crippen LogP contribution in [0.5, 0.6) is 11.6 Å². The number of aromatic nitrogens is 4. The standard InChI is InChI=1S/C22H16N6OS/c23-19-10-5-14(13-26-19)20-21(25-12-11-24-20)29-16-8-6-15(7-9-16)27-22-28-17-3-1-2-4-18(17)30-22/h1-13H,(H2,23,26)(H,27,28). The van der Waals surface area contributed by atoms with E-state index in [9.17, 15) is 0 Å². The van der Waals surface area contributed by atoms with Crippen LogP contribution in [0.15, 0.2) is 79.3 Å². The molecule has 0 aliphatic carbocycles. The summed E-state index contributed by atoms with van der Waals surface area (Å²) in [7, 11) is 0. The number of rotatable bonds is 5. The second-order valence-electron chi connectivity index (χ2n) is 6.42. The molecular weight excluding hydrogens is 396 g/mol. The van der Waals surface area contributed by atoms with Crippen molar-refractivity contribution in [2.75, 3.05) is 11.1 Å². The molecule has 3 N–H and O–H groups in total. The van der Waals surface area contributed by atoms with Crippen molar-refractivity contribution in [3.05, 3.63) is 79.3 Å². The van der Waals surface area contributed by atoms with Crippen molar-refractivity contribution in [3.8, 4) is 22.9 Å². The van der Waals surface area contributed by atoms with E-state index in [1.54, 1.807) is 36.0 Å². The van der Waals surface area contributed by atoms with Crippen molar-refractivity contribution in [3.63, 3.8) is 0 Å². The van der Waals surface area contributed by atoms with E-state index in [0.717, 1.165) is 26.6 Å². The quantitative estimate of drug-likeness (QED) is 0.406. The number of hydrogen-bond donors (Lipinski definition) is 2. The number of nitrogens with zero attached hydrogens (tertiary/aromatic N) is 4. The molecule has 0 amide bonds. The number of nitrogen functional groups attached to an aromatic ring is 1. The van der Waals surface area contributed by atoms with Gasteiger partial charge in [0.15, 0.2) is 5.13 Å². The van der Waals surface area contributed by atoms with E-state index in [1.807, 2.05) is 48.5 Å². The van der Waals surface area contributed by atoms with Crippen LogP contribution in [0.3, 0.4) is 0 Å². The Labute approximate surface area is 176 Å². The summed E-state index contributed by atoms with van der Waals surface area (Å²) in [5.74, 6) is 1.49. The Morgan fingerprint density at radius 1 is 0.867 bits per heavy atom. The molecule has 0 bridgehead atoms. The van der Waals surface area contributed by atoms with E-state index in [4.69, 9.17) is 10.5 Å². The van der Waals surface area contributed by atoms with Crippen molar-refractivity contribution in [1.82, 2.24) is 19.9 Å². The first-order valence-electron chi connectivity index (χ1n) is 9.18. The highest BCUT2D eigenvalue weighted by molar-refractivity contribution is 7.22. The van der Waals surface area contributed by atoms with Crippen molar-refractivity contribution in [2.24, 2.45) is 0 Å². The van der Waals surface area contributed by atoms with E-state index in [2.05, 4.69) is 31.3 Å². The third-order valence-electron chi connectivity index (χ3n) is 4.34. The van der Waals surface area contributed by atoms with Crippen LogP contribution in [-0.2, 0) is 0 Å². The lowest BCUT2D eigenvalue weighted by Crippen LogP contribution is -1.96. The molecule has 146 valence electrons. The van der Waals surface area contributed by atoms with Gasteiger partial charge in [0, 0.05) is 29.8 Å². The summed E-state index contributed by atoms with van der Waals surface area (Å²) < 4.78 is 7.12. The molecule has 0 atom stereocenters. The molecule has 0 spiro atoms. The molecule has 2 aromatic carbocycles. The van der Waals surface area contributed by atoms with Crippen LogP contribution in [0, 0.1) is 0 Å². The number of thiazole rings is 1. The Bertz CT molecular complexity index is 1270. The number of nitrogens with one attached hydrogen (secondary N) is 1. The Morgan fingerprint density at radius 2 is 1.70 bits per heavy atom. The first kappa shape index (κ1) is 18.0. The predicted octanol–water partition coefficient (Wildman–Crippen LogP) is 5.27. The smallest absolute Gasteiger partial charge is 0.246 e. The van der Waals surface area contributed by atoms with Gasteiger partial charge in [-0.1, -0.05) is 23.5 Å². The number of benzene rings is 2. The van der Waals surface area contributed by atoms with Crippen molar-refractivity contribution in [2.45, 2.75) is 0 Å². The molecule has 30 heavy (non-hydrogen) atoms. The van der Waals surface area contributed by atoms with Gasteiger partial charge in [-0.3, -0.25) is 0 Å². The monoisotopic (exact) mass is 412 g/mol. The lowest BCUT2D eigenvalue weighted by atomic mass is 10.2. The molecule has 5 rings (SSSR count). The first-order valence-corrected chi connectivity index (χ1v) is 10.00. The number of nitrogens with two attached hydrogens (primary N) is 1. The highest BCUT2D eigenvalue weighted by atomic mass is 32.1. The zero-order valence-electron chi connectivity index (χ0n) is 15.7. The first-order chi connectivity index (χ1) is 14.7. The van der Waals surface area contributed by atoms with Gasteiger partial charge in [-0.15, -0.1) is 0 Å². The second-order valence-corrected chi connectivity index (χ2v) is 7.45. The molecule has 3 heterocycles. The highest BCUT2D eigenvalue weighted by Crippen LogP contribution is 2.31. The highest BCUT2D eigenvalue weighted by Gasteiger charge is 2.11. The molecule has 0 saturated carbocycles. The third kappa shape index (κ3) is 3.76. The van der Waals surface area contributed by atoms with Gasteiger partial charge in [0.25, 0.3) is 0 Å². The van der Waals surface area contributed by atoms with E-state index in [1.165, 1.54) is 0 Å². The van der Waals surface area contributed by atoms with Crippen molar-refractivity contribution in [1.29, 1.82) is 0 Å². The van der Waals surface area contributed by atoms with Gasteiger partial charge >= 0.3 is 0 Å². The summed E-state index contributed by atoms with van der Waals surface area (Å²) in [6, 6.07) is 19.2. The van der Waals surface area contributed by atoms with Crippen molar-refractivity contribution < 1.29 is 4.74 Å². The van der Waals surface area contributed by atoms with Gasteiger partial charge < -0.3 is 15.8 Å². The SMILES string of the molecule is Nc1ccc(-c2nccnc2Oc2ccc(Nc3nc4ccccc4s3)cc2)cn1. The molecule has 0 saturated heterocycles. The van der Waals surface area contributed by atoms with Crippen LogP contribution in [0.25, 0.3) is 21.5 Å². The molecule has 8 heteroatoms. The second kappa shape index (κ2) is 7.76. The average Bonchev–Trinajstić information content (AvgIpc) is 3.18. The molecule has 7 nitrogen and oxygen atoms in total. The number of hydrogen-bond acceptors (Lipinski definition) is 8. The van der Waals surface area contributed by atoms with E-state index < -0.39 is 0 Å². The van der Waals surface area contributed by atoms with Crippen LogP contribution in [0.1, 0.15) is 0 Å². The number of pyridine rings is 1. The van der Waals surface area contributed by atoms with Crippen LogP contribution in [0.2, 0.25) is 0 Å². The summed E-state index contributed by atoms with van der Waals surface area (Å²) in [5.41, 5.74) is 8.95. The lowest BCUT2D eigenvalue weighted by Gasteiger charge is -2.10. The normalized spacial score (nSPS) is 10.8. The lowest BCUT2D eigenvalue weighted by molar-refractivity contribution is 0.462. The molecular formula is C22H16N6OS. The summed E-state index contributed by atoms with van der Waals surface area (Å²) >= 11 is 1.61. The predicted molar refractivity (Wildman–Crippen MR) is 119 cm³/mol. The van der Waals surface area contributed by atoms with Crippen LogP contribution in [0.4, 0.5) is 16.6 Å². The Balaban J connectivity index is 1.35. The molecule has 3 aromatic heterocycles. The summed E-state index contributed by atoms with van der Waals surface area (Å²) in [5, 5.41) is 4.18. The molecule has 0 radical (unpaired) electrons. The van der Waals surface area contributed by atoms with Crippen LogP contribution in [-0.4, -0.2) is 19.9 Å². The van der Waals surface area contributed by atoms with E-state index in [0.29, 0.717) is 23.1 Å². The molecule has 0 fully saturated rings. The average molecular weight is 412 g/mol. The third-order valence-corrected chi connectivity index (χ3v) is 5.29. The van der Waals surface area contributed by atoms with Gasteiger partial charge in [0.1, 0.15) is 17.3 Å². The summed E-state index contributed by atoms with van der Waals surface area (Å²) in [6.07, 6.45) is 4.85.